The highest BCUT2D eigenvalue weighted by Gasteiger charge is 2.23. The number of fused-ring (bicyclic) bond motifs is 1. The Morgan fingerprint density at radius 3 is 2.67 bits per heavy atom. The molecular weight excluding hydrogens is 312 g/mol. The van der Waals surface area contributed by atoms with E-state index in [2.05, 4.69) is 15.4 Å². The van der Waals surface area contributed by atoms with Crippen LogP contribution in [0.5, 0.6) is 11.5 Å². The van der Waals surface area contributed by atoms with Gasteiger partial charge in [0.05, 0.1) is 0 Å². The lowest BCUT2D eigenvalue weighted by molar-refractivity contribution is 0.174. The molecule has 2 aromatic rings. The van der Waals surface area contributed by atoms with Crippen molar-refractivity contribution in [2.75, 3.05) is 43.2 Å². The van der Waals surface area contributed by atoms with Gasteiger partial charge in [-0.25, -0.2) is 4.79 Å². The van der Waals surface area contributed by atoms with Crippen LogP contribution in [0.4, 0.5) is 16.3 Å². The van der Waals surface area contributed by atoms with Crippen LogP contribution in [0, 0.1) is 6.92 Å². The number of amides is 2. The maximum Gasteiger partial charge on any atom is 0.321 e. The van der Waals surface area contributed by atoms with Gasteiger partial charge in [-0.05, 0) is 19.1 Å². The van der Waals surface area contributed by atoms with E-state index in [9.17, 15) is 4.79 Å². The molecule has 126 valence electrons. The second kappa shape index (κ2) is 5.95. The van der Waals surface area contributed by atoms with Crippen molar-refractivity contribution in [2.24, 2.45) is 0 Å². The average Bonchev–Trinajstić information content (AvgIpc) is 3.23. The lowest BCUT2D eigenvalue weighted by Crippen LogP contribution is -2.50. The smallest absolute Gasteiger partial charge is 0.321 e. The molecule has 0 bridgehead atoms. The molecule has 24 heavy (non-hydrogen) atoms. The molecule has 1 fully saturated rings. The van der Waals surface area contributed by atoms with Crippen LogP contribution in [0.1, 0.15) is 5.76 Å². The van der Waals surface area contributed by atoms with Crippen molar-refractivity contribution in [1.29, 1.82) is 0 Å². The SMILES string of the molecule is Cc1cc(N2CCN(C(=O)Nc3ccc4c(c3)OCO4)CC2)no1. The average molecular weight is 330 g/mol. The first-order valence-corrected chi connectivity index (χ1v) is 7.83. The molecule has 0 atom stereocenters. The predicted molar refractivity (Wildman–Crippen MR) is 86.6 cm³/mol. The molecule has 8 heteroatoms. The molecule has 1 aromatic heterocycles. The standard InChI is InChI=1S/C16H18N4O4/c1-11-8-15(18-24-11)19-4-6-20(7-5-19)16(21)17-12-2-3-13-14(9-12)23-10-22-13/h2-3,8-9H,4-7,10H2,1H3,(H,17,21). The van der Waals surface area contributed by atoms with E-state index in [-0.39, 0.29) is 12.8 Å². The molecule has 2 aliphatic heterocycles. The van der Waals surface area contributed by atoms with Crippen LogP contribution in [0.25, 0.3) is 0 Å². The second-order valence-corrected chi connectivity index (χ2v) is 5.77. The number of hydrogen-bond donors (Lipinski definition) is 1. The van der Waals surface area contributed by atoms with Gasteiger partial charge in [-0.15, -0.1) is 0 Å². The molecule has 3 heterocycles. The first kappa shape index (κ1) is 14.7. The highest BCUT2D eigenvalue weighted by molar-refractivity contribution is 5.90. The summed E-state index contributed by atoms with van der Waals surface area (Å²) in [5.41, 5.74) is 0.693. The van der Waals surface area contributed by atoms with Gasteiger partial charge in [-0.3, -0.25) is 0 Å². The highest BCUT2D eigenvalue weighted by Crippen LogP contribution is 2.34. The molecule has 4 rings (SSSR count). The third-order valence-corrected chi connectivity index (χ3v) is 4.13. The molecule has 0 unspecified atom stereocenters. The van der Waals surface area contributed by atoms with E-state index in [0.717, 1.165) is 24.7 Å². The van der Waals surface area contributed by atoms with E-state index in [0.29, 0.717) is 30.3 Å². The maximum atomic E-state index is 12.4. The third-order valence-electron chi connectivity index (χ3n) is 4.13. The van der Waals surface area contributed by atoms with Gasteiger partial charge in [0.15, 0.2) is 17.3 Å². The third kappa shape index (κ3) is 2.82. The van der Waals surface area contributed by atoms with Crippen molar-refractivity contribution < 1.29 is 18.8 Å². The predicted octanol–water partition coefficient (Wildman–Crippen LogP) is 2.07. The fraction of sp³-hybridized carbons (Fsp3) is 0.375. The number of aromatic nitrogens is 1. The summed E-state index contributed by atoms with van der Waals surface area (Å²) >= 11 is 0. The van der Waals surface area contributed by atoms with E-state index in [1.54, 1.807) is 23.1 Å². The number of anilines is 2. The van der Waals surface area contributed by atoms with Crippen LogP contribution in [0.15, 0.2) is 28.8 Å². The van der Waals surface area contributed by atoms with Gasteiger partial charge < -0.3 is 29.1 Å². The van der Waals surface area contributed by atoms with Crippen molar-refractivity contribution in [1.82, 2.24) is 10.1 Å². The molecular formula is C16H18N4O4. The van der Waals surface area contributed by atoms with Crippen LogP contribution in [-0.4, -0.2) is 49.1 Å². The number of piperazine rings is 1. The number of nitrogens with zero attached hydrogens (tertiary/aromatic N) is 3. The van der Waals surface area contributed by atoms with E-state index in [1.807, 2.05) is 13.0 Å². The monoisotopic (exact) mass is 330 g/mol. The quantitative estimate of drug-likeness (QED) is 0.908. The van der Waals surface area contributed by atoms with Crippen LogP contribution >= 0.6 is 0 Å². The number of urea groups is 1. The zero-order valence-corrected chi connectivity index (χ0v) is 13.3. The lowest BCUT2D eigenvalue weighted by Gasteiger charge is -2.34. The zero-order valence-electron chi connectivity index (χ0n) is 13.3. The number of benzene rings is 1. The Bertz CT molecular complexity index is 752. The number of carbonyl (C=O) groups is 1. The van der Waals surface area contributed by atoms with Gasteiger partial charge in [0, 0.05) is 44.0 Å². The Morgan fingerprint density at radius 2 is 1.92 bits per heavy atom. The molecule has 1 saturated heterocycles. The van der Waals surface area contributed by atoms with Crippen molar-refractivity contribution in [3.05, 3.63) is 30.0 Å². The van der Waals surface area contributed by atoms with E-state index < -0.39 is 0 Å². The topological polar surface area (TPSA) is 80.1 Å². The minimum atomic E-state index is -0.121. The summed E-state index contributed by atoms with van der Waals surface area (Å²) in [6.45, 7) is 4.79. The number of rotatable bonds is 2. The lowest BCUT2D eigenvalue weighted by atomic mass is 10.2. The Labute approximate surface area is 138 Å². The highest BCUT2D eigenvalue weighted by atomic mass is 16.7. The summed E-state index contributed by atoms with van der Waals surface area (Å²) < 4.78 is 15.7. The summed E-state index contributed by atoms with van der Waals surface area (Å²) in [4.78, 5) is 16.3. The number of aryl methyl sites for hydroxylation is 1. The normalized spacial score (nSPS) is 16.4. The Hall–Kier alpha value is -2.90. The summed E-state index contributed by atoms with van der Waals surface area (Å²) in [5, 5.41) is 6.92. The molecule has 8 nitrogen and oxygen atoms in total. The summed E-state index contributed by atoms with van der Waals surface area (Å²) in [6, 6.07) is 7.16. The minimum absolute atomic E-state index is 0.121. The number of nitrogens with one attached hydrogen (secondary N) is 1. The van der Waals surface area contributed by atoms with Crippen LogP contribution in [0.2, 0.25) is 0 Å². The zero-order chi connectivity index (χ0) is 16.5. The second-order valence-electron chi connectivity index (χ2n) is 5.77. The fourth-order valence-corrected chi connectivity index (χ4v) is 2.82. The molecule has 0 saturated carbocycles. The largest absolute Gasteiger partial charge is 0.454 e. The van der Waals surface area contributed by atoms with Crippen molar-refractivity contribution in [2.45, 2.75) is 6.92 Å². The van der Waals surface area contributed by atoms with Crippen molar-refractivity contribution in [3.8, 4) is 11.5 Å². The fourth-order valence-electron chi connectivity index (χ4n) is 2.82. The van der Waals surface area contributed by atoms with E-state index in [1.165, 1.54) is 0 Å². The number of hydrogen-bond acceptors (Lipinski definition) is 6. The summed E-state index contributed by atoms with van der Waals surface area (Å²) in [6.07, 6.45) is 0. The Balaban J connectivity index is 1.34. The number of ether oxygens (including phenoxy) is 2. The Kier molecular flexibility index (Phi) is 3.64. The first-order chi connectivity index (χ1) is 11.7. The van der Waals surface area contributed by atoms with Crippen LogP contribution in [-0.2, 0) is 0 Å². The molecule has 0 aliphatic carbocycles. The minimum Gasteiger partial charge on any atom is -0.454 e. The van der Waals surface area contributed by atoms with Crippen LogP contribution < -0.4 is 19.7 Å². The molecule has 0 radical (unpaired) electrons. The molecule has 1 aromatic carbocycles. The number of carbonyl (C=O) groups excluding carboxylic acids is 1. The molecule has 1 N–H and O–H groups in total. The maximum absolute atomic E-state index is 12.4. The van der Waals surface area contributed by atoms with Gasteiger partial charge in [0.2, 0.25) is 6.79 Å². The molecule has 0 spiro atoms. The van der Waals surface area contributed by atoms with Crippen molar-refractivity contribution >= 4 is 17.5 Å². The molecule has 2 aliphatic rings. The van der Waals surface area contributed by atoms with Gasteiger partial charge >= 0.3 is 6.03 Å². The summed E-state index contributed by atoms with van der Waals surface area (Å²) in [5.74, 6) is 2.96. The van der Waals surface area contributed by atoms with Gasteiger partial charge in [0.25, 0.3) is 0 Å². The Morgan fingerprint density at radius 1 is 1.12 bits per heavy atom. The van der Waals surface area contributed by atoms with Crippen molar-refractivity contribution in [3.63, 3.8) is 0 Å². The van der Waals surface area contributed by atoms with Crippen LogP contribution in [0.3, 0.4) is 0 Å². The summed E-state index contributed by atoms with van der Waals surface area (Å²) in [7, 11) is 0. The van der Waals surface area contributed by atoms with Gasteiger partial charge in [0.1, 0.15) is 5.76 Å². The van der Waals surface area contributed by atoms with Gasteiger partial charge in [-0.1, -0.05) is 5.16 Å². The molecule has 2 amide bonds. The van der Waals surface area contributed by atoms with Gasteiger partial charge in [-0.2, -0.15) is 0 Å². The van der Waals surface area contributed by atoms with E-state index >= 15 is 0 Å². The van der Waals surface area contributed by atoms with E-state index in [4.69, 9.17) is 14.0 Å². The first-order valence-electron chi connectivity index (χ1n) is 7.83.